The van der Waals surface area contributed by atoms with Gasteiger partial charge in [-0.05, 0) is 25.7 Å². The molecule has 2 unspecified atom stereocenters. The maximum atomic E-state index is 12.5. The number of amides is 2. The van der Waals surface area contributed by atoms with Crippen LogP contribution in [0.15, 0.2) is 0 Å². The number of carboxylic acid groups (broad SMARTS) is 1. The molecule has 7 heteroatoms. The number of hydrogen-bond acceptors (Lipinski definition) is 4. The van der Waals surface area contributed by atoms with Crippen molar-refractivity contribution < 1.29 is 19.8 Å². The van der Waals surface area contributed by atoms with Gasteiger partial charge in [0.2, 0.25) is 0 Å². The highest BCUT2D eigenvalue weighted by Gasteiger charge is 2.48. The Balaban J connectivity index is 2.14. The lowest BCUT2D eigenvalue weighted by Crippen LogP contribution is -2.52. The molecule has 1 aliphatic heterocycles. The molecule has 0 aromatic heterocycles. The standard InChI is InChI=1S/C12H20N2O4S/c1-2-13(5-6-15)12(18)14-9(11(16)17)7-19-10(14)8-3-4-8/h8-10,15H,2-7H2,1H3,(H,16,17). The van der Waals surface area contributed by atoms with Crippen LogP contribution in [0.5, 0.6) is 0 Å². The highest BCUT2D eigenvalue weighted by molar-refractivity contribution is 8.00. The lowest BCUT2D eigenvalue weighted by molar-refractivity contribution is -0.141. The highest BCUT2D eigenvalue weighted by atomic mass is 32.2. The average molecular weight is 288 g/mol. The first kappa shape index (κ1) is 14.5. The van der Waals surface area contributed by atoms with E-state index in [2.05, 4.69) is 0 Å². The summed E-state index contributed by atoms with van der Waals surface area (Å²) in [5.41, 5.74) is 0. The summed E-state index contributed by atoms with van der Waals surface area (Å²) < 4.78 is 0. The highest BCUT2D eigenvalue weighted by Crippen LogP contribution is 2.45. The van der Waals surface area contributed by atoms with Gasteiger partial charge >= 0.3 is 12.0 Å². The molecule has 2 N–H and O–H groups in total. The molecule has 2 fully saturated rings. The monoisotopic (exact) mass is 288 g/mol. The molecular weight excluding hydrogens is 268 g/mol. The summed E-state index contributed by atoms with van der Waals surface area (Å²) in [6.45, 7) is 2.45. The Kier molecular flexibility index (Phi) is 4.57. The van der Waals surface area contributed by atoms with Crippen LogP contribution in [-0.2, 0) is 4.79 Å². The van der Waals surface area contributed by atoms with Gasteiger partial charge in [0.15, 0.2) is 0 Å². The Bertz CT molecular complexity index is 362. The van der Waals surface area contributed by atoms with Crippen LogP contribution in [0.25, 0.3) is 0 Å². The molecule has 0 radical (unpaired) electrons. The van der Waals surface area contributed by atoms with E-state index in [0.29, 0.717) is 18.2 Å². The fourth-order valence-electron chi connectivity index (χ4n) is 2.38. The predicted octanol–water partition coefficient (Wildman–Crippen LogP) is 0.659. The van der Waals surface area contributed by atoms with Gasteiger partial charge in [-0.25, -0.2) is 9.59 Å². The van der Waals surface area contributed by atoms with Gasteiger partial charge in [0, 0.05) is 18.8 Å². The van der Waals surface area contributed by atoms with Gasteiger partial charge in [-0.1, -0.05) is 0 Å². The molecule has 1 aliphatic carbocycles. The summed E-state index contributed by atoms with van der Waals surface area (Å²) in [7, 11) is 0. The van der Waals surface area contributed by atoms with E-state index in [1.807, 2.05) is 6.92 Å². The minimum Gasteiger partial charge on any atom is -0.480 e. The smallest absolute Gasteiger partial charge is 0.327 e. The van der Waals surface area contributed by atoms with Gasteiger partial charge in [-0.15, -0.1) is 11.8 Å². The number of aliphatic hydroxyl groups is 1. The summed E-state index contributed by atoms with van der Waals surface area (Å²) in [5.74, 6) is -0.0472. The molecule has 2 aliphatic rings. The molecule has 2 atom stereocenters. The van der Waals surface area contributed by atoms with E-state index < -0.39 is 12.0 Å². The number of carboxylic acids is 1. The average Bonchev–Trinajstić information content (AvgIpc) is 3.13. The Morgan fingerprint density at radius 2 is 2.11 bits per heavy atom. The second-order valence-electron chi connectivity index (χ2n) is 4.91. The largest absolute Gasteiger partial charge is 0.480 e. The number of aliphatic carboxylic acids is 1. The van der Waals surface area contributed by atoms with Gasteiger partial charge in [-0.2, -0.15) is 0 Å². The van der Waals surface area contributed by atoms with Crippen LogP contribution in [0.1, 0.15) is 19.8 Å². The number of urea groups is 1. The summed E-state index contributed by atoms with van der Waals surface area (Å²) in [6, 6.07) is -0.998. The number of rotatable bonds is 5. The van der Waals surface area contributed by atoms with Crippen LogP contribution >= 0.6 is 11.8 Å². The van der Waals surface area contributed by atoms with Crippen LogP contribution in [-0.4, -0.2) is 68.9 Å². The Morgan fingerprint density at radius 3 is 2.58 bits per heavy atom. The molecule has 0 spiro atoms. The van der Waals surface area contributed by atoms with E-state index in [1.54, 1.807) is 11.8 Å². The van der Waals surface area contributed by atoms with Gasteiger partial charge < -0.3 is 15.1 Å². The molecule has 2 amide bonds. The molecule has 0 aromatic rings. The minimum absolute atomic E-state index is 0.0126. The van der Waals surface area contributed by atoms with Crippen molar-refractivity contribution in [3.8, 4) is 0 Å². The summed E-state index contributed by atoms with van der Waals surface area (Å²) >= 11 is 1.57. The normalized spacial score (nSPS) is 26.5. The van der Waals surface area contributed by atoms with Crippen LogP contribution in [0.2, 0.25) is 0 Å². The quantitative estimate of drug-likeness (QED) is 0.776. The lowest BCUT2D eigenvalue weighted by atomic mass is 10.2. The van der Waals surface area contributed by atoms with Gasteiger partial charge in [0.05, 0.1) is 12.0 Å². The van der Waals surface area contributed by atoms with Gasteiger partial charge in [-0.3, -0.25) is 4.90 Å². The fourth-order valence-corrected chi connectivity index (χ4v) is 4.00. The SMILES string of the molecule is CCN(CCO)C(=O)N1C(C(=O)O)CSC1C1CC1. The second kappa shape index (κ2) is 6.00. The Hall–Kier alpha value is -0.950. The van der Waals surface area contributed by atoms with Crippen LogP contribution in [0, 0.1) is 5.92 Å². The zero-order valence-electron chi connectivity index (χ0n) is 11.0. The van der Waals surface area contributed by atoms with Crippen molar-refractivity contribution in [1.29, 1.82) is 0 Å². The third-order valence-electron chi connectivity index (χ3n) is 3.59. The van der Waals surface area contributed by atoms with Crippen molar-refractivity contribution >= 4 is 23.8 Å². The predicted molar refractivity (Wildman–Crippen MR) is 72.0 cm³/mol. The zero-order valence-corrected chi connectivity index (χ0v) is 11.8. The van der Waals surface area contributed by atoms with E-state index in [0.717, 1.165) is 12.8 Å². The molecule has 6 nitrogen and oxygen atoms in total. The van der Waals surface area contributed by atoms with E-state index in [1.165, 1.54) is 9.80 Å². The number of carbonyl (C=O) groups is 2. The van der Waals surface area contributed by atoms with Crippen molar-refractivity contribution in [3.63, 3.8) is 0 Å². The zero-order chi connectivity index (χ0) is 14.0. The second-order valence-corrected chi connectivity index (χ2v) is 6.06. The minimum atomic E-state index is -0.941. The van der Waals surface area contributed by atoms with Crippen LogP contribution in [0.3, 0.4) is 0 Å². The molecular formula is C12H20N2O4S. The Labute approximate surface area is 116 Å². The summed E-state index contributed by atoms with van der Waals surface area (Å²) in [6.07, 6.45) is 2.14. The summed E-state index contributed by atoms with van der Waals surface area (Å²) in [4.78, 5) is 26.8. The molecule has 1 saturated heterocycles. The lowest BCUT2D eigenvalue weighted by Gasteiger charge is -2.32. The van der Waals surface area contributed by atoms with Gasteiger partial charge in [0.25, 0.3) is 0 Å². The molecule has 2 rings (SSSR count). The topological polar surface area (TPSA) is 81.1 Å². The molecule has 1 saturated carbocycles. The Morgan fingerprint density at radius 1 is 1.42 bits per heavy atom. The molecule has 1 heterocycles. The number of carbonyl (C=O) groups excluding carboxylic acids is 1. The van der Waals surface area contributed by atoms with Crippen molar-refractivity contribution in [1.82, 2.24) is 9.80 Å². The maximum absolute atomic E-state index is 12.5. The molecule has 19 heavy (non-hydrogen) atoms. The number of aliphatic hydroxyl groups excluding tert-OH is 1. The fraction of sp³-hybridized carbons (Fsp3) is 0.833. The third kappa shape index (κ3) is 2.97. The van der Waals surface area contributed by atoms with Crippen molar-refractivity contribution in [2.45, 2.75) is 31.2 Å². The van der Waals surface area contributed by atoms with Crippen LogP contribution in [0.4, 0.5) is 4.79 Å². The first-order chi connectivity index (χ1) is 9.10. The molecule has 0 aromatic carbocycles. The number of hydrogen-bond donors (Lipinski definition) is 2. The first-order valence-corrected chi connectivity index (χ1v) is 7.67. The number of likely N-dealkylation sites (N-methyl/N-ethyl adjacent to an activating group) is 1. The molecule has 0 bridgehead atoms. The first-order valence-electron chi connectivity index (χ1n) is 6.62. The van der Waals surface area contributed by atoms with E-state index in [-0.39, 0.29) is 24.6 Å². The van der Waals surface area contributed by atoms with E-state index in [4.69, 9.17) is 5.11 Å². The van der Waals surface area contributed by atoms with E-state index >= 15 is 0 Å². The number of thioether (sulfide) groups is 1. The number of nitrogens with zero attached hydrogens (tertiary/aromatic N) is 2. The third-order valence-corrected chi connectivity index (χ3v) is 5.05. The van der Waals surface area contributed by atoms with Crippen molar-refractivity contribution in [2.75, 3.05) is 25.4 Å². The summed E-state index contributed by atoms with van der Waals surface area (Å²) in [5, 5.41) is 18.2. The van der Waals surface area contributed by atoms with Crippen molar-refractivity contribution in [3.05, 3.63) is 0 Å². The van der Waals surface area contributed by atoms with Gasteiger partial charge in [0.1, 0.15) is 6.04 Å². The van der Waals surface area contributed by atoms with Crippen molar-refractivity contribution in [2.24, 2.45) is 5.92 Å². The maximum Gasteiger partial charge on any atom is 0.327 e. The van der Waals surface area contributed by atoms with E-state index in [9.17, 15) is 14.7 Å². The van der Waals surface area contributed by atoms with Crippen LogP contribution < -0.4 is 0 Å². The molecule has 108 valence electrons.